The molecule has 1 aliphatic rings. The van der Waals surface area contributed by atoms with E-state index in [1.54, 1.807) is 12.0 Å². The molecule has 3 aromatic carbocycles. The van der Waals surface area contributed by atoms with Crippen molar-refractivity contribution >= 4 is 23.2 Å². The number of aromatic nitrogens is 4. The van der Waals surface area contributed by atoms with Crippen LogP contribution in [0, 0.1) is 5.92 Å². The summed E-state index contributed by atoms with van der Waals surface area (Å²) in [4.78, 5) is 28.4. The Morgan fingerprint density at radius 1 is 0.971 bits per heavy atom. The number of ether oxygens (including phenoxy) is 1. The zero-order chi connectivity index (χ0) is 24.2. The lowest BCUT2D eigenvalue weighted by Gasteiger charge is -2.41. The number of hydrogen-bond donors (Lipinski definition) is 1. The van der Waals surface area contributed by atoms with Crippen molar-refractivity contribution in [2.24, 2.45) is 5.92 Å². The number of nitrogens with zero attached hydrogens (tertiary/aromatic N) is 5. The van der Waals surface area contributed by atoms with Crippen LogP contribution >= 0.6 is 0 Å². The fourth-order valence-corrected chi connectivity index (χ4v) is 4.46. The number of anilines is 2. The summed E-state index contributed by atoms with van der Waals surface area (Å²) in [5.41, 5.74) is 3.08. The third-order valence-electron chi connectivity index (χ3n) is 6.17. The molecule has 4 aromatic rings. The molecule has 0 radical (unpaired) electrons. The predicted molar refractivity (Wildman–Crippen MR) is 130 cm³/mol. The van der Waals surface area contributed by atoms with Crippen LogP contribution < -0.4 is 15.0 Å². The number of amides is 2. The topological polar surface area (TPSA) is 102 Å². The second kappa shape index (κ2) is 9.76. The van der Waals surface area contributed by atoms with Gasteiger partial charge in [0, 0.05) is 17.8 Å². The number of carbonyl (C=O) groups excluding carboxylic acids is 2. The van der Waals surface area contributed by atoms with Gasteiger partial charge < -0.3 is 15.0 Å². The number of hydrogen-bond acceptors (Lipinski definition) is 6. The van der Waals surface area contributed by atoms with Crippen LogP contribution in [-0.2, 0) is 9.59 Å². The van der Waals surface area contributed by atoms with Crippen LogP contribution in [0.25, 0.3) is 5.69 Å². The van der Waals surface area contributed by atoms with E-state index in [1.807, 2.05) is 78.9 Å². The summed E-state index contributed by atoms with van der Waals surface area (Å²) in [6.07, 6.45) is 2.25. The Morgan fingerprint density at radius 2 is 1.69 bits per heavy atom. The van der Waals surface area contributed by atoms with Crippen molar-refractivity contribution in [1.82, 2.24) is 20.2 Å². The van der Waals surface area contributed by atoms with Gasteiger partial charge in [-0.2, -0.15) is 0 Å². The van der Waals surface area contributed by atoms with Gasteiger partial charge >= 0.3 is 0 Å². The smallest absolute Gasteiger partial charge is 0.229 e. The molecule has 9 heteroatoms. The normalized spacial score (nSPS) is 17.7. The molecule has 0 aliphatic carbocycles. The zero-order valence-electron chi connectivity index (χ0n) is 19.1. The molecule has 9 nitrogen and oxygen atoms in total. The van der Waals surface area contributed by atoms with E-state index in [9.17, 15) is 9.59 Å². The summed E-state index contributed by atoms with van der Waals surface area (Å²) in [6, 6.07) is 23.9. The first-order chi connectivity index (χ1) is 17.1. The highest BCUT2D eigenvalue weighted by molar-refractivity contribution is 6.00. The molecule has 1 aromatic heterocycles. The van der Waals surface area contributed by atoms with Crippen molar-refractivity contribution in [2.45, 2.75) is 18.9 Å². The zero-order valence-corrected chi connectivity index (χ0v) is 19.1. The van der Waals surface area contributed by atoms with Gasteiger partial charge in [-0.1, -0.05) is 30.3 Å². The van der Waals surface area contributed by atoms with Crippen LogP contribution in [0.3, 0.4) is 0 Å². The minimum atomic E-state index is -0.439. The van der Waals surface area contributed by atoms with Crippen LogP contribution in [0.4, 0.5) is 11.4 Å². The van der Waals surface area contributed by atoms with E-state index >= 15 is 0 Å². The summed E-state index contributed by atoms with van der Waals surface area (Å²) in [5, 5.41) is 14.2. The van der Waals surface area contributed by atoms with E-state index in [1.165, 1.54) is 11.0 Å². The minimum Gasteiger partial charge on any atom is -0.497 e. The molecule has 0 saturated carbocycles. The standard InChI is InChI=1S/C26H24N6O3/c1-35-22-13-11-21(12-14-22)32-24(33)16-15-23(25(32)18-5-3-2-4-6-18)26(34)28-19-7-9-20(10-8-19)31-17-27-29-30-31/h2-14,17,23,25H,15-16H2,1H3,(H,28,34)/t23-,25+/m0/s1. The van der Waals surface area contributed by atoms with E-state index in [2.05, 4.69) is 20.8 Å². The molecule has 35 heavy (non-hydrogen) atoms. The second-order valence-corrected chi connectivity index (χ2v) is 8.25. The van der Waals surface area contributed by atoms with Gasteiger partial charge in [0.2, 0.25) is 11.8 Å². The Hall–Kier alpha value is -4.53. The largest absolute Gasteiger partial charge is 0.497 e. The Balaban J connectivity index is 1.44. The third kappa shape index (κ3) is 4.61. The van der Waals surface area contributed by atoms with Crippen molar-refractivity contribution in [3.63, 3.8) is 0 Å². The second-order valence-electron chi connectivity index (χ2n) is 8.25. The van der Waals surface area contributed by atoms with Gasteiger partial charge in [-0.15, -0.1) is 5.10 Å². The molecule has 1 aliphatic heterocycles. The SMILES string of the molecule is COc1ccc(N2C(=O)CC[C@H](C(=O)Nc3ccc(-n4cnnn4)cc3)[C@H]2c2ccccc2)cc1. The molecular formula is C26H24N6O3. The van der Waals surface area contributed by atoms with Crippen molar-refractivity contribution in [3.05, 3.63) is 90.8 Å². The van der Waals surface area contributed by atoms with Gasteiger partial charge in [0.1, 0.15) is 12.1 Å². The molecule has 0 spiro atoms. The van der Waals surface area contributed by atoms with Gasteiger partial charge in [-0.05, 0) is 70.9 Å². The van der Waals surface area contributed by atoms with Crippen LogP contribution in [0.5, 0.6) is 5.75 Å². The summed E-state index contributed by atoms with van der Waals surface area (Å²) in [6.45, 7) is 0. The average Bonchev–Trinajstić information content (AvgIpc) is 3.45. The quantitative estimate of drug-likeness (QED) is 0.462. The molecule has 1 fully saturated rings. The lowest BCUT2D eigenvalue weighted by atomic mass is 9.83. The summed E-state index contributed by atoms with van der Waals surface area (Å²) in [7, 11) is 1.60. The van der Waals surface area contributed by atoms with E-state index in [-0.39, 0.29) is 18.2 Å². The van der Waals surface area contributed by atoms with Crippen LogP contribution in [0.2, 0.25) is 0 Å². The molecule has 2 heterocycles. The highest BCUT2D eigenvalue weighted by atomic mass is 16.5. The number of nitrogens with one attached hydrogen (secondary N) is 1. The molecule has 2 atom stereocenters. The molecular weight excluding hydrogens is 444 g/mol. The summed E-state index contributed by atoms with van der Waals surface area (Å²) in [5.74, 6) is 0.115. The van der Waals surface area contributed by atoms with E-state index in [0.717, 1.165) is 16.9 Å². The fraction of sp³-hybridized carbons (Fsp3) is 0.192. The molecule has 5 rings (SSSR count). The number of methoxy groups -OCH3 is 1. The lowest BCUT2D eigenvalue weighted by molar-refractivity contribution is -0.125. The molecule has 1 saturated heterocycles. The van der Waals surface area contributed by atoms with Crippen molar-refractivity contribution in [1.29, 1.82) is 0 Å². The number of tetrazole rings is 1. The van der Waals surface area contributed by atoms with Crippen LogP contribution in [0.15, 0.2) is 85.2 Å². The van der Waals surface area contributed by atoms with Crippen molar-refractivity contribution < 1.29 is 14.3 Å². The van der Waals surface area contributed by atoms with Crippen molar-refractivity contribution in [3.8, 4) is 11.4 Å². The maximum absolute atomic E-state index is 13.5. The highest BCUT2D eigenvalue weighted by Crippen LogP contribution is 2.40. The first kappa shape index (κ1) is 22.3. The number of carbonyl (C=O) groups is 2. The highest BCUT2D eigenvalue weighted by Gasteiger charge is 2.41. The Morgan fingerprint density at radius 3 is 2.34 bits per heavy atom. The Bertz CT molecular complexity index is 1290. The molecule has 0 bridgehead atoms. The maximum atomic E-state index is 13.5. The number of benzene rings is 3. The molecule has 0 unspecified atom stereocenters. The van der Waals surface area contributed by atoms with Crippen LogP contribution in [0.1, 0.15) is 24.4 Å². The molecule has 1 N–H and O–H groups in total. The van der Waals surface area contributed by atoms with Gasteiger partial charge in [-0.25, -0.2) is 4.68 Å². The summed E-state index contributed by atoms with van der Waals surface area (Å²) < 4.78 is 6.81. The van der Waals surface area contributed by atoms with Gasteiger partial charge in [0.15, 0.2) is 0 Å². The van der Waals surface area contributed by atoms with Gasteiger partial charge in [0.25, 0.3) is 0 Å². The van der Waals surface area contributed by atoms with Gasteiger partial charge in [0.05, 0.1) is 24.8 Å². The lowest BCUT2D eigenvalue weighted by Crippen LogP contribution is -2.46. The Labute approximate surface area is 202 Å². The first-order valence-electron chi connectivity index (χ1n) is 11.3. The third-order valence-corrected chi connectivity index (χ3v) is 6.17. The van der Waals surface area contributed by atoms with E-state index < -0.39 is 12.0 Å². The van der Waals surface area contributed by atoms with Crippen LogP contribution in [-0.4, -0.2) is 39.1 Å². The van der Waals surface area contributed by atoms with Gasteiger partial charge in [-0.3, -0.25) is 9.59 Å². The molecule has 176 valence electrons. The Kier molecular flexibility index (Phi) is 6.21. The number of rotatable bonds is 6. The minimum absolute atomic E-state index is 0.0149. The molecule has 2 amide bonds. The maximum Gasteiger partial charge on any atom is 0.229 e. The fourth-order valence-electron chi connectivity index (χ4n) is 4.46. The van der Waals surface area contributed by atoms with E-state index in [4.69, 9.17) is 4.74 Å². The van der Waals surface area contributed by atoms with Crippen molar-refractivity contribution in [2.75, 3.05) is 17.3 Å². The monoisotopic (exact) mass is 468 g/mol. The summed E-state index contributed by atoms with van der Waals surface area (Å²) >= 11 is 0. The first-order valence-corrected chi connectivity index (χ1v) is 11.3. The van der Waals surface area contributed by atoms with E-state index in [0.29, 0.717) is 17.9 Å². The predicted octanol–water partition coefficient (Wildman–Crippen LogP) is 3.79. The number of piperidine rings is 1. The average molecular weight is 469 g/mol.